The molecule has 4 unspecified atom stereocenters. The van der Waals surface area contributed by atoms with Crippen LogP contribution >= 0.6 is 0 Å². The highest BCUT2D eigenvalue weighted by molar-refractivity contribution is 7.85. The zero-order valence-corrected chi connectivity index (χ0v) is 14.3. The van der Waals surface area contributed by atoms with Gasteiger partial charge in [0.05, 0.1) is 5.25 Å². The Morgan fingerprint density at radius 1 is 1.37 bits per heavy atom. The topological polar surface area (TPSA) is 29.1 Å². The van der Waals surface area contributed by atoms with Gasteiger partial charge in [-0.2, -0.15) is 0 Å². The SMILES string of the molecule is CCCNC1CCC(C)(C)CC1S(=O)CC(C)CC. The second kappa shape index (κ2) is 7.78. The summed E-state index contributed by atoms with van der Waals surface area (Å²) in [6.07, 6.45) is 5.84. The van der Waals surface area contributed by atoms with Gasteiger partial charge in [-0.15, -0.1) is 0 Å². The molecule has 1 aliphatic rings. The first-order valence-electron chi connectivity index (χ1n) is 8.00. The summed E-state index contributed by atoms with van der Waals surface area (Å²) in [5, 5.41) is 3.99. The van der Waals surface area contributed by atoms with Crippen LogP contribution in [-0.4, -0.2) is 27.8 Å². The molecule has 0 amide bonds. The summed E-state index contributed by atoms with van der Waals surface area (Å²) < 4.78 is 12.7. The maximum Gasteiger partial charge on any atom is 0.0506 e. The molecule has 0 heterocycles. The Balaban J connectivity index is 2.67. The van der Waals surface area contributed by atoms with Gasteiger partial charge in [0.25, 0.3) is 0 Å². The summed E-state index contributed by atoms with van der Waals surface area (Å²) in [6, 6.07) is 0.470. The molecule has 1 aliphatic carbocycles. The molecule has 1 rings (SSSR count). The van der Waals surface area contributed by atoms with Gasteiger partial charge in [0.15, 0.2) is 0 Å². The Bertz CT molecular complexity index is 290. The first-order chi connectivity index (χ1) is 8.89. The number of nitrogens with one attached hydrogen (secondary N) is 1. The van der Waals surface area contributed by atoms with Crippen LogP contribution in [0.25, 0.3) is 0 Å². The third-order valence-corrected chi connectivity index (χ3v) is 6.54. The van der Waals surface area contributed by atoms with Gasteiger partial charge in [-0.25, -0.2) is 0 Å². The Morgan fingerprint density at radius 3 is 2.63 bits per heavy atom. The predicted octanol–water partition coefficient (Wildman–Crippen LogP) is 3.73. The van der Waals surface area contributed by atoms with Crippen LogP contribution in [0, 0.1) is 11.3 Å². The molecule has 0 aliphatic heterocycles. The molecule has 19 heavy (non-hydrogen) atoms. The van der Waals surface area contributed by atoms with Crippen molar-refractivity contribution >= 4 is 10.8 Å². The van der Waals surface area contributed by atoms with Gasteiger partial charge in [0.1, 0.15) is 0 Å². The molecule has 0 aromatic carbocycles. The molecule has 0 spiro atoms. The fourth-order valence-electron chi connectivity index (χ4n) is 2.88. The average molecular weight is 288 g/mol. The van der Waals surface area contributed by atoms with E-state index >= 15 is 0 Å². The van der Waals surface area contributed by atoms with Crippen LogP contribution in [0.5, 0.6) is 0 Å². The third-order valence-electron chi connectivity index (χ3n) is 4.47. The predicted molar refractivity (Wildman–Crippen MR) is 86.0 cm³/mol. The smallest absolute Gasteiger partial charge is 0.0506 e. The Labute approximate surface area is 122 Å². The molecule has 0 bridgehead atoms. The van der Waals surface area contributed by atoms with E-state index in [-0.39, 0.29) is 0 Å². The largest absolute Gasteiger partial charge is 0.313 e. The second-order valence-electron chi connectivity index (χ2n) is 7.07. The van der Waals surface area contributed by atoms with Gasteiger partial charge >= 0.3 is 0 Å². The lowest BCUT2D eigenvalue weighted by atomic mass is 9.75. The van der Waals surface area contributed by atoms with E-state index in [0.717, 1.165) is 31.6 Å². The molecule has 2 nitrogen and oxygen atoms in total. The van der Waals surface area contributed by atoms with Gasteiger partial charge < -0.3 is 5.32 Å². The summed E-state index contributed by atoms with van der Waals surface area (Å²) in [6.45, 7) is 12.3. The van der Waals surface area contributed by atoms with Crippen LogP contribution in [0.1, 0.15) is 66.7 Å². The summed E-state index contributed by atoms with van der Waals surface area (Å²) in [5.74, 6) is 1.46. The van der Waals surface area contributed by atoms with Crippen LogP contribution in [0.15, 0.2) is 0 Å². The van der Waals surface area contributed by atoms with Crippen molar-refractivity contribution in [2.45, 2.75) is 78.0 Å². The number of hydrogen-bond donors (Lipinski definition) is 1. The molecular formula is C16H33NOS. The van der Waals surface area contributed by atoms with E-state index in [2.05, 4.69) is 39.9 Å². The minimum atomic E-state index is -0.679. The normalized spacial score (nSPS) is 29.9. The van der Waals surface area contributed by atoms with Gasteiger partial charge in [0, 0.05) is 22.6 Å². The van der Waals surface area contributed by atoms with Crippen LogP contribution in [0.4, 0.5) is 0 Å². The van der Waals surface area contributed by atoms with Crippen molar-refractivity contribution in [3.63, 3.8) is 0 Å². The van der Waals surface area contributed by atoms with Crippen molar-refractivity contribution in [2.24, 2.45) is 11.3 Å². The lowest BCUT2D eigenvalue weighted by Gasteiger charge is -2.41. The number of hydrogen-bond acceptors (Lipinski definition) is 2. The minimum Gasteiger partial charge on any atom is -0.313 e. The Morgan fingerprint density at radius 2 is 2.05 bits per heavy atom. The highest BCUT2D eigenvalue weighted by atomic mass is 32.2. The molecule has 0 saturated heterocycles. The van der Waals surface area contributed by atoms with Crippen molar-refractivity contribution in [1.82, 2.24) is 5.32 Å². The quantitative estimate of drug-likeness (QED) is 0.773. The maximum absolute atomic E-state index is 12.7. The average Bonchev–Trinajstić information content (AvgIpc) is 2.36. The molecule has 1 saturated carbocycles. The highest BCUT2D eigenvalue weighted by Crippen LogP contribution is 2.37. The van der Waals surface area contributed by atoms with E-state index in [1.807, 2.05) is 0 Å². The molecule has 1 N–H and O–H groups in total. The monoisotopic (exact) mass is 287 g/mol. The maximum atomic E-state index is 12.7. The summed E-state index contributed by atoms with van der Waals surface area (Å²) in [4.78, 5) is 0. The van der Waals surface area contributed by atoms with Gasteiger partial charge in [-0.1, -0.05) is 41.0 Å². The molecule has 0 radical (unpaired) electrons. The van der Waals surface area contributed by atoms with E-state index in [1.54, 1.807) is 0 Å². The lowest BCUT2D eigenvalue weighted by Crippen LogP contribution is -2.49. The number of rotatable bonds is 7. The summed E-state index contributed by atoms with van der Waals surface area (Å²) in [5.41, 5.74) is 0.361. The molecule has 0 aromatic heterocycles. The third kappa shape index (κ3) is 5.55. The van der Waals surface area contributed by atoms with E-state index in [1.165, 1.54) is 12.8 Å². The molecular weight excluding hydrogens is 254 g/mol. The van der Waals surface area contributed by atoms with Crippen LogP contribution in [-0.2, 0) is 10.8 Å². The zero-order valence-electron chi connectivity index (χ0n) is 13.5. The van der Waals surface area contributed by atoms with Gasteiger partial charge in [-0.05, 0) is 43.6 Å². The van der Waals surface area contributed by atoms with Crippen molar-refractivity contribution < 1.29 is 4.21 Å². The summed E-state index contributed by atoms with van der Waals surface area (Å²) in [7, 11) is -0.679. The van der Waals surface area contributed by atoms with Crippen molar-refractivity contribution in [3.05, 3.63) is 0 Å². The minimum absolute atomic E-state index is 0.351. The first kappa shape index (κ1) is 17.2. The fraction of sp³-hybridized carbons (Fsp3) is 1.00. The van der Waals surface area contributed by atoms with Crippen LogP contribution in [0.2, 0.25) is 0 Å². The second-order valence-corrected chi connectivity index (χ2v) is 8.77. The molecule has 0 aromatic rings. The Kier molecular flexibility index (Phi) is 7.02. The van der Waals surface area contributed by atoms with E-state index in [9.17, 15) is 4.21 Å². The standard InChI is InChI=1S/C16H33NOS/c1-6-10-17-14-8-9-16(4,5)11-15(14)19(18)12-13(3)7-2/h13-15,17H,6-12H2,1-5H3. The van der Waals surface area contributed by atoms with Crippen molar-refractivity contribution in [1.29, 1.82) is 0 Å². The van der Waals surface area contributed by atoms with E-state index < -0.39 is 10.8 Å². The fourth-order valence-corrected chi connectivity index (χ4v) is 5.16. The molecule has 4 atom stereocenters. The molecule has 1 fully saturated rings. The highest BCUT2D eigenvalue weighted by Gasteiger charge is 2.37. The van der Waals surface area contributed by atoms with Crippen molar-refractivity contribution in [3.8, 4) is 0 Å². The summed E-state index contributed by atoms with van der Waals surface area (Å²) >= 11 is 0. The van der Waals surface area contributed by atoms with E-state index in [0.29, 0.717) is 22.6 Å². The van der Waals surface area contributed by atoms with Gasteiger partial charge in [-0.3, -0.25) is 4.21 Å². The molecule has 114 valence electrons. The lowest BCUT2D eigenvalue weighted by molar-refractivity contribution is 0.211. The van der Waals surface area contributed by atoms with Crippen LogP contribution in [0.3, 0.4) is 0 Å². The molecule has 3 heteroatoms. The Hall–Kier alpha value is 0.110. The first-order valence-corrected chi connectivity index (χ1v) is 9.38. The van der Waals surface area contributed by atoms with Crippen molar-refractivity contribution in [2.75, 3.05) is 12.3 Å². The van der Waals surface area contributed by atoms with Crippen LogP contribution < -0.4 is 5.32 Å². The van der Waals surface area contributed by atoms with E-state index in [4.69, 9.17) is 0 Å². The zero-order chi connectivity index (χ0) is 14.5. The van der Waals surface area contributed by atoms with Gasteiger partial charge in [0.2, 0.25) is 0 Å².